The van der Waals surface area contributed by atoms with Gasteiger partial charge in [0.05, 0.1) is 0 Å². The summed E-state index contributed by atoms with van der Waals surface area (Å²) in [5.41, 5.74) is 0.130. The third kappa shape index (κ3) is 1.82. The van der Waals surface area contributed by atoms with Crippen molar-refractivity contribution in [1.82, 2.24) is 4.90 Å². The first-order valence-electron chi connectivity index (χ1n) is 6.15. The molecule has 0 saturated carbocycles. The molecular formula is C12H23NO. The molecule has 0 aromatic carbocycles. The van der Waals surface area contributed by atoms with Gasteiger partial charge in [0.1, 0.15) is 5.72 Å². The number of rotatable bonds is 1. The lowest BCUT2D eigenvalue weighted by atomic mass is 9.90. The number of piperidine rings is 1. The summed E-state index contributed by atoms with van der Waals surface area (Å²) in [6.45, 7) is 6.80. The van der Waals surface area contributed by atoms with Gasteiger partial charge in [0.2, 0.25) is 0 Å². The van der Waals surface area contributed by atoms with E-state index in [1.807, 2.05) is 0 Å². The smallest absolute Gasteiger partial charge is 0.121 e. The largest absolute Gasteiger partial charge is 0.360 e. The van der Waals surface area contributed by atoms with Crippen molar-refractivity contribution in [1.29, 1.82) is 0 Å². The molecule has 2 saturated heterocycles. The molecule has 0 aliphatic carbocycles. The molecule has 2 heteroatoms. The van der Waals surface area contributed by atoms with Crippen LogP contribution < -0.4 is 0 Å². The van der Waals surface area contributed by atoms with Crippen LogP contribution in [0.4, 0.5) is 0 Å². The second-order valence-corrected chi connectivity index (χ2v) is 5.00. The topological polar surface area (TPSA) is 12.5 Å². The highest BCUT2D eigenvalue weighted by Gasteiger charge is 2.41. The molecule has 2 fully saturated rings. The summed E-state index contributed by atoms with van der Waals surface area (Å²) in [6, 6.07) is 0.633. The Labute approximate surface area is 87.6 Å². The first-order chi connectivity index (χ1) is 6.75. The molecule has 82 valence electrons. The number of hydrogen-bond donors (Lipinski definition) is 0. The van der Waals surface area contributed by atoms with Crippen LogP contribution in [0.5, 0.6) is 0 Å². The van der Waals surface area contributed by atoms with Crippen LogP contribution in [-0.4, -0.2) is 29.8 Å². The van der Waals surface area contributed by atoms with Crippen molar-refractivity contribution >= 4 is 0 Å². The van der Waals surface area contributed by atoms with E-state index in [-0.39, 0.29) is 5.72 Å². The maximum atomic E-state index is 6.11. The fourth-order valence-corrected chi connectivity index (χ4v) is 3.02. The first-order valence-corrected chi connectivity index (χ1v) is 6.15. The van der Waals surface area contributed by atoms with Crippen molar-refractivity contribution in [2.45, 2.75) is 64.1 Å². The van der Waals surface area contributed by atoms with Gasteiger partial charge < -0.3 is 4.74 Å². The molecule has 2 rings (SSSR count). The van der Waals surface area contributed by atoms with E-state index in [2.05, 4.69) is 18.7 Å². The van der Waals surface area contributed by atoms with Gasteiger partial charge in [-0.25, -0.2) is 0 Å². The lowest BCUT2D eigenvalue weighted by Gasteiger charge is -2.50. The Bertz CT molecular complexity index is 176. The molecule has 14 heavy (non-hydrogen) atoms. The Morgan fingerprint density at radius 1 is 1.07 bits per heavy atom. The highest BCUT2D eigenvalue weighted by molar-refractivity contribution is 4.89. The second kappa shape index (κ2) is 4.19. The Morgan fingerprint density at radius 3 is 2.36 bits per heavy atom. The summed E-state index contributed by atoms with van der Waals surface area (Å²) >= 11 is 0. The summed E-state index contributed by atoms with van der Waals surface area (Å²) in [4.78, 5) is 2.59. The zero-order chi connectivity index (χ0) is 10.0. The quantitative estimate of drug-likeness (QED) is 0.641. The predicted molar refractivity (Wildman–Crippen MR) is 58.2 cm³/mol. The van der Waals surface area contributed by atoms with Gasteiger partial charge in [0.25, 0.3) is 0 Å². The van der Waals surface area contributed by atoms with Gasteiger partial charge in [-0.2, -0.15) is 0 Å². The molecule has 0 bridgehead atoms. The van der Waals surface area contributed by atoms with Crippen LogP contribution in [0.25, 0.3) is 0 Å². The van der Waals surface area contributed by atoms with Gasteiger partial charge in [-0.1, -0.05) is 0 Å². The van der Waals surface area contributed by atoms with Crippen molar-refractivity contribution in [3.05, 3.63) is 0 Å². The lowest BCUT2D eigenvalue weighted by Crippen LogP contribution is -2.57. The van der Waals surface area contributed by atoms with Crippen LogP contribution in [-0.2, 0) is 4.74 Å². The van der Waals surface area contributed by atoms with Gasteiger partial charge in [-0.3, -0.25) is 4.90 Å². The Morgan fingerprint density at radius 2 is 1.79 bits per heavy atom. The number of likely N-dealkylation sites (tertiary alicyclic amines) is 1. The molecule has 1 atom stereocenters. The Hall–Kier alpha value is -0.0800. The van der Waals surface area contributed by atoms with E-state index in [0.717, 1.165) is 6.61 Å². The molecule has 2 nitrogen and oxygen atoms in total. The van der Waals surface area contributed by atoms with Crippen molar-refractivity contribution in [3.63, 3.8) is 0 Å². The molecule has 1 unspecified atom stereocenters. The normalized spacial score (nSPS) is 35.4. The molecular weight excluding hydrogens is 174 g/mol. The molecule has 0 aromatic heterocycles. The molecule has 0 aromatic rings. The zero-order valence-corrected chi connectivity index (χ0v) is 9.59. The predicted octanol–water partition coefficient (Wildman–Crippen LogP) is 2.78. The van der Waals surface area contributed by atoms with E-state index in [0.29, 0.717) is 6.04 Å². The van der Waals surface area contributed by atoms with E-state index >= 15 is 0 Å². The van der Waals surface area contributed by atoms with Crippen molar-refractivity contribution in [2.75, 3.05) is 13.2 Å². The van der Waals surface area contributed by atoms with Crippen LogP contribution in [0.3, 0.4) is 0 Å². The zero-order valence-electron chi connectivity index (χ0n) is 9.59. The maximum Gasteiger partial charge on any atom is 0.121 e. The fourth-order valence-electron chi connectivity index (χ4n) is 3.02. The van der Waals surface area contributed by atoms with Crippen molar-refractivity contribution in [2.24, 2.45) is 0 Å². The van der Waals surface area contributed by atoms with E-state index < -0.39 is 0 Å². The molecule has 0 radical (unpaired) electrons. The molecule has 2 aliphatic rings. The van der Waals surface area contributed by atoms with Crippen LogP contribution in [0.1, 0.15) is 52.4 Å². The monoisotopic (exact) mass is 197 g/mol. The standard InChI is InChI=1S/C12H23NO/c1-11(2)13-9-5-3-7-12(13)8-4-6-10-14-12/h11H,3-10H2,1-2H3. The van der Waals surface area contributed by atoms with Crippen molar-refractivity contribution < 1.29 is 4.74 Å². The summed E-state index contributed by atoms with van der Waals surface area (Å²) < 4.78 is 6.11. The minimum absolute atomic E-state index is 0.130. The van der Waals surface area contributed by atoms with Crippen LogP contribution in [0, 0.1) is 0 Å². The summed E-state index contributed by atoms with van der Waals surface area (Å²) in [7, 11) is 0. The summed E-state index contributed by atoms with van der Waals surface area (Å²) in [5, 5.41) is 0. The van der Waals surface area contributed by atoms with Crippen LogP contribution in [0.15, 0.2) is 0 Å². The lowest BCUT2D eigenvalue weighted by molar-refractivity contribution is -0.206. The fraction of sp³-hybridized carbons (Fsp3) is 1.00. The molecule has 2 aliphatic heterocycles. The molecule has 1 spiro atoms. The van der Waals surface area contributed by atoms with E-state index in [1.165, 1.54) is 45.1 Å². The Kier molecular flexibility index (Phi) is 3.13. The average molecular weight is 197 g/mol. The minimum atomic E-state index is 0.130. The van der Waals surface area contributed by atoms with Gasteiger partial charge in [-0.05, 0) is 52.4 Å². The number of ether oxygens (including phenoxy) is 1. The number of nitrogens with zero attached hydrogens (tertiary/aromatic N) is 1. The Balaban J connectivity index is 2.10. The van der Waals surface area contributed by atoms with Crippen molar-refractivity contribution in [3.8, 4) is 0 Å². The molecule has 0 amide bonds. The summed E-state index contributed by atoms with van der Waals surface area (Å²) in [5.74, 6) is 0. The van der Waals surface area contributed by atoms with Gasteiger partial charge in [0, 0.05) is 19.2 Å². The second-order valence-electron chi connectivity index (χ2n) is 5.00. The average Bonchev–Trinajstić information content (AvgIpc) is 2.19. The van der Waals surface area contributed by atoms with Crippen LogP contribution in [0.2, 0.25) is 0 Å². The highest BCUT2D eigenvalue weighted by atomic mass is 16.5. The van der Waals surface area contributed by atoms with Crippen LogP contribution >= 0.6 is 0 Å². The van der Waals surface area contributed by atoms with Gasteiger partial charge in [-0.15, -0.1) is 0 Å². The highest BCUT2D eigenvalue weighted by Crippen LogP contribution is 2.37. The van der Waals surface area contributed by atoms with Gasteiger partial charge in [0.15, 0.2) is 0 Å². The molecule has 2 heterocycles. The minimum Gasteiger partial charge on any atom is -0.360 e. The molecule has 0 N–H and O–H groups in total. The summed E-state index contributed by atoms with van der Waals surface area (Å²) in [6.07, 6.45) is 7.82. The third-order valence-electron chi connectivity index (χ3n) is 3.70. The number of hydrogen-bond acceptors (Lipinski definition) is 2. The SMILES string of the molecule is CC(C)N1CCCCC12CCCCO2. The van der Waals surface area contributed by atoms with E-state index in [4.69, 9.17) is 4.74 Å². The first kappa shape index (κ1) is 10.4. The van der Waals surface area contributed by atoms with Gasteiger partial charge >= 0.3 is 0 Å². The van der Waals surface area contributed by atoms with E-state index in [9.17, 15) is 0 Å². The third-order valence-corrected chi connectivity index (χ3v) is 3.70. The van der Waals surface area contributed by atoms with E-state index in [1.54, 1.807) is 0 Å². The maximum absolute atomic E-state index is 6.11.